The molecule has 48 heavy (non-hydrogen) atoms. The molecule has 4 aromatic rings. The zero-order valence-corrected chi connectivity index (χ0v) is 29.9. The van der Waals surface area contributed by atoms with Crippen LogP contribution in [0.25, 0.3) is 0 Å². The van der Waals surface area contributed by atoms with E-state index in [0.29, 0.717) is 6.16 Å². The van der Waals surface area contributed by atoms with Crippen molar-refractivity contribution >= 4 is 51.1 Å². The number of carbonyl (C=O) groups is 3. The molecule has 0 saturated carbocycles. The average molecular weight is 689 g/mol. The molecule has 0 fully saturated rings. The van der Waals surface area contributed by atoms with E-state index < -0.39 is 41.6 Å². The van der Waals surface area contributed by atoms with Crippen LogP contribution in [-0.4, -0.2) is 48.4 Å². The Bertz CT molecular complexity index is 1550. The van der Waals surface area contributed by atoms with Crippen molar-refractivity contribution in [3.8, 4) is 0 Å². The van der Waals surface area contributed by atoms with Crippen LogP contribution in [0.5, 0.6) is 0 Å². The number of halogens is 1. The Morgan fingerprint density at radius 3 is 1.56 bits per heavy atom. The number of nitrogens with one attached hydrogen (secondary N) is 2. The Labute approximate surface area is 289 Å². The monoisotopic (exact) mass is 688 g/mol. The Kier molecular flexibility index (Phi) is 12.1. The van der Waals surface area contributed by atoms with Gasteiger partial charge in [0.2, 0.25) is 0 Å². The predicted molar refractivity (Wildman–Crippen MR) is 197 cm³/mol. The zero-order valence-electron chi connectivity index (χ0n) is 28.3. The smallest absolute Gasteiger partial charge is 0.0253 e. The van der Waals surface area contributed by atoms with Gasteiger partial charge in [-0.05, 0) is 20.8 Å². The molecular formula is C39H46ClN2O5P. The van der Waals surface area contributed by atoms with Gasteiger partial charge in [0.15, 0.2) is 0 Å². The number of benzene rings is 4. The second-order valence-corrected chi connectivity index (χ2v) is 19.8. The Morgan fingerprint density at radius 2 is 1.15 bits per heavy atom. The van der Waals surface area contributed by atoms with Crippen LogP contribution < -0.4 is 26.5 Å². The molecule has 0 spiro atoms. The van der Waals surface area contributed by atoms with Crippen molar-refractivity contribution in [3.05, 3.63) is 127 Å². The molecule has 7 nitrogen and oxygen atoms in total. The molecular weight excluding hydrogens is 643 g/mol. The van der Waals surface area contributed by atoms with Crippen LogP contribution in [0, 0.1) is 5.92 Å². The van der Waals surface area contributed by atoms with E-state index >= 15 is 0 Å². The first-order chi connectivity index (χ1) is 22.8. The first-order valence-corrected chi connectivity index (χ1v) is 19.5. The number of hydrogen-bond acceptors (Lipinski definition) is 5. The minimum Gasteiger partial charge on any atom is -0.0253 e. The van der Waals surface area contributed by atoms with Crippen molar-refractivity contribution in [2.75, 3.05) is 12.8 Å². The molecule has 0 aromatic heterocycles. The van der Waals surface area contributed by atoms with Crippen LogP contribution in [0.1, 0.15) is 40.2 Å². The van der Waals surface area contributed by atoms with Crippen molar-refractivity contribution < 1.29 is 23.9 Å². The Morgan fingerprint density at radius 1 is 0.708 bits per heavy atom. The van der Waals surface area contributed by atoms with Crippen LogP contribution in [0.3, 0.4) is 0 Å². The van der Waals surface area contributed by atoms with Crippen molar-refractivity contribution in [1.29, 1.82) is 0 Å². The summed E-state index contributed by atoms with van der Waals surface area (Å²) in [6.45, 7) is 8.96. The molecule has 0 bridgehead atoms. The van der Waals surface area contributed by atoms with E-state index in [1.54, 1.807) is 20.8 Å². The fourth-order valence-corrected chi connectivity index (χ4v) is 11.4. The van der Waals surface area contributed by atoms with Gasteiger partial charge in [-0.1, -0.05) is 0 Å². The fraction of sp³-hybridized carbons (Fsp3) is 0.308. The van der Waals surface area contributed by atoms with Gasteiger partial charge in [-0.2, -0.15) is 0 Å². The van der Waals surface area contributed by atoms with Crippen LogP contribution in [0.4, 0.5) is 4.79 Å². The minimum absolute atomic E-state index is 0.0158. The molecule has 2 unspecified atom stereocenters. The molecule has 0 radical (unpaired) electrons. The average Bonchev–Trinajstić information content (AvgIpc) is 3.07. The maximum atomic E-state index is 13.7. The molecule has 2 amide bonds. The quantitative estimate of drug-likeness (QED) is 0.124. The molecule has 2 N–H and O–H groups in total. The number of hydrogen-bond donors (Lipinski definition) is 2. The normalized spacial score (nSPS) is 13.8. The van der Waals surface area contributed by atoms with Gasteiger partial charge in [0.25, 0.3) is 0 Å². The van der Waals surface area contributed by atoms with Gasteiger partial charge in [-0.15, -0.1) is 0 Å². The van der Waals surface area contributed by atoms with Crippen LogP contribution in [0.15, 0.2) is 121 Å². The van der Waals surface area contributed by atoms with E-state index in [-0.39, 0.29) is 18.9 Å². The van der Waals surface area contributed by atoms with Crippen molar-refractivity contribution in [2.45, 2.75) is 58.7 Å². The SMILES string of the molecule is CC(C)C(NC(=O)C(Cc1ccccc1)NC(=O)OCCP(Cl)(c1ccccc1)(c1ccccc1)c1ccccc1)C(=O)OC(C)(C)C. The third-order valence-corrected chi connectivity index (χ3v) is 15.6. The molecule has 0 aliphatic rings. The molecule has 254 valence electrons. The summed E-state index contributed by atoms with van der Waals surface area (Å²) in [5.74, 6) is -4.97. The van der Waals surface area contributed by atoms with Gasteiger partial charge in [0.05, 0.1) is 0 Å². The molecule has 0 aliphatic heterocycles. The summed E-state index contributed by atoms with van der Waals surface area (Å²) in [6, 6.07) is 37.2. The summed E-state index contributed by atoms with van der Waals surface area (Å²) in [5, 5.41) is 8.44. The molecule has 0 aliphatic carbocycles. The number of amides is 2. The number of esters is 1. The summed E-state index contributed by atoms with van der Waals surface area (Å²) >= 11 is 8.09. The van der Waals surface area contributed by atoms with Crippen LogP contribution >= 0.6 is 17.2 Å². The van der Waals surface area contributed by atoms with E-state index in [4.69, 9.17) is 20.7 Å². The topological polar surface area (TPSA) is 93.7 Å². The van der Waals surface area contributed by atoms with E-state index in [0.717, 1.165) is 21.5 Å². The minimum atomic E-state index is -3.66. The van der Waals surface area contributed by atoms with Crippen molar-refractivity contribution in [2.24, 2.45) is 5.92 Å². The molecule has 0 heterocycles. The van der Waals surface area contributed by atoms with Gasteiger partial charge >= 0.3 is 269 Å². The third-order valence-electron chi connectivity index (χ3n) is 8.14. The zero-order chi connectivity index (χ0) is 34.8. The van der Waals surface area contributed by atoms with Crippen LogP contribution in [0.2, 0.25) is 0 Å². The number of ether oxygens (including phenoxy) is 2. The van der Waals surface area contributed by atoms with Crippen LogP contribution in [-0.2, 0) is 25.5 Å². The van der Waals surface area contributed by atoms with Gasteiger partial charge in [0.1, 0.15) is 0 Å². The number of alkyl carbamates (subject to hydrolysis) is 1. The number of rotatable bonds is 13. The van der Waals surface area contributed by atoms with E-state index in [9.17, 15) is 14.4 Å². The van der Waals surface area contributed by atoms with E-state index in [2.05, 4.69) is 10.6 Å². The van der Waals surface area contributed by atoms with Gasteiger partial charge in [-0.25, -0.2) is 0 Å². The first-order valence-electron chi connectivity index (χ1n) is 16.2. The molecule has 9 heteroatoms. The molecule has 4 rings (SSSR count). The molecule has 2 atom stereocenters. The summed E-state index contributed by atoms with van der Waals surface area (Å²) in [6.07, 6.45) is -0.253. The fourth-order valence-electron chi connectivity index (χ4n) is 5.72. The standard InChI is InChI=1S/C39H46ClN2O5P/c1-29(2)35(37(44)47-39(3,4)5)42-36(43)34(28-30-18-10-6-11-19-30)41-38(45)46-26-27-48(40,31-20-12-7-13-21-31,32-22-14-8-15-23-32)33-24-16-9-17-25-33/h6-25,29,34-35H,26-28H2,1-5H3,(H,41,45)(H,42,43). The maximum absolute atomic E-state index is 13.7. The second-order valence-electron chi connectivity index (χ2n) is 13.2. The van der Waals surface area contributed by atoms with Gasteiger partial charge in [-0.3, -0.25) is 0 Å². The summed E-state index contributed by atoms with van der Waals surface area (Å²) in [7, 11) is 0. The van der Waals surface area contributed by atoms with Gasteiger partial charge in [0, 0.05) is 0 Å². The summed E-state index contributed by atoms with van der Waals surface area (Å²) < 4.78 is 11.4. The van der Waals surface area contributed by atoms with Crippen molar-refractivity contribution in [1.82, 2.24) is 10.6 Å². The molecule has 4 aromatic carbocycles. The Balaban J connectivity index is 1.59. The van der Waals surface area contributed by atoms with Gasteiger partial charge < -0.3 is 0 Å². The second kappa shape index (κ2) is 15.8. The first kappa shape index (κ1) is 36.6. The summed E-state index contributed by atoms with van der Waals surface area (Å²) in [4.78, 5) is 40.2. The molecule has 0 saturated heterocycles. The van der Waals surface area contributed by atoms with E-state index in [1.807, 2.05) is 135 Å². The predicted octanol–water partition coefficient (Wildman–Crippen LogP) is 6.49. The third kappa shape index (κ3) is 8.83. The Hall–Kier alpha value is -4.19. The number of carbonyl (C=O) groups excluding carboxylic acids is 3. The summed E-state index contributed by atoms with van der Waals surface area (Å²) in [5.41, 5.74) is 0.108. The van der Waals surface area contributed by atoms with E-state index in [1.165, 1.54) is 0 Å². The van der Waals surface area contributed by atoms with Crippen molar-refractivity contribution in [3.63, 3.8) is 0 Å².